The van der Waals surface area contributed by atoms with Crippen LogP contribution in [0.2, 0.25) is 0 Å². The first-order chi connectivity index (χ1) is 26.3. The molecule has 55 heavy (non-hydrogen) atoms. The summed E-state index contributed by atoms with van der Waals surface area (Å²) in [4.78, 5) is 44.8. The van der Waals surface area contributed by atoms with E-state index in [2.05, 4.69) is 62.9 Å². The van der Waals surface area contributed by atoms with Crippen molar-refractivity contribution in [2.45, 2.75) is 90.8 Å². The van der Waals surface area contributed by atoms with Crippen molar-refractivity contribution in [1.29, 1.82) is 0 Å². The van der Waals surface area contributed by atoms with Gasteiger partial charge in [0.25, 0.3) is 5.88 Å². The summed E-state index contributed by atoms with van der Waals surface area (Å²) >= 11 is 0. The molecular weight excluding hydrogens is 703 g/mol. The van der Waals surface area contributed by atoms with Crippen molar-refractivity contribution in [3.63, 3.8) is 0 Å². The predicted octanol–water partition coefficient (Wildman–Crippen LogP) is 8.24. The van der Waals surface area contributed by atoms with Gasteiger partial charge in [0.2, 0.25) is 0 Å². The minimum Gasteiger partial charge on any atom is -0.478 e. The van der Waals surface area contributed by atoms with Crippen molar-refractivity contribution in [2.24, 2.45) is 5.41 Å². The van der Waals surface area contributed by atoms with Gasteiger partial charge in [-0.3, -0.25) is 4.90 Å². The summed E-state index contributed by atoms with van der Waals surface area (Å²) in [6.07, 6.45) is 6.67. The van der Waals surface area contributed by atoms with Crippen molar-refractivity contribution >= 4 is 28.9 Å². The quantitative estimate of drug-likeness (QED) is 0.167. The van der Waals surface area contributed by atoms with Crippen LogP contribution in [-0.2, 0) is 9.47 Å². The van der Waals surface area contributed by atoms with Crippen molar-refractivity contribution in [3.8, 4) is 17.4 Å². The number of esters is 1. The maximum absolute atomic E-state index is 14.5. The van der Waals surface area contributed by atoms with Crippen LogP contribution in [0.3, 0.4) is 0 Å². The number of hydrogen-bond acceptors (Lipinski definition) is 10. The molecule has 3 fully saturated rings. The number of piperidine rings is 1. The average molecular weight is 757 g/mol. The Morgan fingerprint density at radius 3 is 2.49 bits per heavy atom. The molecule has 3 aromatic heterocycles. The fourth-order valence-corrected chi connectivity index (χ4v) is 8.50. The lowest BCUT2D eigenvalue weighted by molar-refractivity contribution is -0.0644. The standard InChI is InChI=1S/C42H53FN6O6/c1-8-53-39(50)31-23-44-36(20-34(31)54-35-19-30-32(43)24-45-37(30)46-38(35)52-7)47-15-13-42(14-16-47)21-27(22-42)49-18-17-48(40(51)55-41(4,5)6)25-33(49)29-12-10-9-11-28(29)26(2)3/h9-12,19-20,23-24,26-27,33H,8,13-18,21-22,25H2,1-7H3,(H,45,46)/t33-/m0/s1. The normalized spacial score (nSPS) is 19.1. The number of aromatic nitrogens is 3. The van der Waals surface area contributed by atoms with Gasteiger partial charge in [0.15, 0.2) is 5.75 Å². The first-order valence-corrected chi connectivity index (χ1v) is 19.4. The van der Waals surface area contributed by atoms with Crippen LogP contribution in [-0.4, -0.2) is 94.9 Å². The molecule has 4 aromatic rings. The number of H-pyrrole nitrogens is 1. The number of piperazine rings is 1. The first-order valence-electron chi connectivity index (χ1n) is 19.4. The maximum atomic E-state index is 14.5. The molecule has 3 aliphatic rings. The molecule has 1 aromatic carbocycles. The van der Waals surface area contributed by atoms with E-state index in [4.69, 9.17) is 18.9 Å². The van der Waals surface area contributed by atoms with Gasteiger partial charge in [-0.1, -0.05) is 38.1 Å². The third kappa shape index (κ3) is 7.94. The molecule has 1 N–H and O–H groups in total. The highest BCUT2D eigenvalue weighted by Crippen LogP contribution is 2.53. The minimum absolute atomic E-state index is 0.0890. The predicted molar refractivity (Wildman–Crippen MR) is 208 cm³/mol. The molecule has 5 heterocycles. The Balaban J connectivity index is 1.06. The van der Waals surface area contributed by atoms with Crippen LogP contribution < -0.4 is 14.4 Å². The van der Waals surface area contributed by atoms with Gasteiger partial charge in [-0.15, -0.1) is 0 Å². The Hall–Kier alpha value is -4.91. The monoisotopic (exact) mass is 756 g/mol. The Labute approximate surface area is 322 Å². The molecule has 0 radical (unpaired) electrons. The topological polar surface area (TPSA) is 122 Å². The summed E-state index contributed by atoms with van der Waals surface area (Å²) in [5.41, 5.74) is 2.77. The molecular formula is C42H53FN6O6. The number of ether oxygens (including phenoxy) is 4. The zero-order valence-corrected chi connectivity index (χ0v) is 33.0. The number of methoxy groups -OCH3 is 1. The van der Waals surface area contributed by atoms with Crippen LogP contribution in [0.4, 0.5) is 15.0 Å². The number of aromatic amines is 1. The number of amides is 1. The largest absolute Gasteiger partial charge is 0.478 e. The molecule has 1 spiro atoms. The number of nitrogens with one attached hydrogen (secondary N) is 1. The van der Waals surface area contributed by atoms with Crippen LogP contribution in [0.15, 0.2) is 48.8 Å². The number of benzene rings is 1. The molecule has 0 bridgehead atoms. The van der Waals surface area contributed by atoms with Gasteiger partial charge in [0, 0.05) is 63.3 Å². The van der Waals surface area contributed by atoms with E-state index in [1.165, 1.54) is 36.7 Å². The smallest absolute Gasteiger partial charge is 0.410 e. The maximum Gasteiger partial charge on any atom is 0.410 e. The molecule has 2 aliphatic heterocycles. The van der Waals surface area contributed by atoms with Gasteiger partial charge in [-0.05, 0) is 75.8 Å². The highest BCUT2D eigenvalue weighted by Gasteiger charge is 2.50. The molecule has 2 saturated heterocycles. The third-order valence-corrected chi connectivity index (χ3v) is 11.3. The van der Waals surface area contributed by atoms with Gasteiger partial charge in [-0.25, -0.2) is 19.0 Å². The highest BCUT2D eigenvalue weighted by molar-refractivity contribution is 5.93. The molecule has 1 aliphatic carbocycles. The third-order valence-electron chi connectivity index (χ3n) is 11.3. The molecule has 12 nitrogen and oxygen atoms in total. The van der Waals surface area contributed by atoms with Gasteiger partial charge in [-0.2, -0.15) is 4.98 Å². The Bertz CT molecular complexity index is 2030. The van der Waals surface area contributed by atoms with Gasteiger partial charge in [0.05, 0.1) is 25.1 Å². The number of carbonyl (C=O) groups is 2. The number of pyridine rings is 2. The van der Waals surface area contributed by atoms with Crippen molar-refractivity contribution in [3.05, 3.63) is 71.3 Å². The number of fused-ring (bicyclic) bond motifs is 1. The van der Waals surface area contributed by atoms with Crippen LogP contribution in [0.5, 0.6) is 17.4 Å². The van der Waals surface area contributed by atoms with E-state index >= 15 is 0 Å². The van der Waals surface area contributed by atoms with E-state index < -0.39 is 17.4 Å². The number of halogens is 1. The molecule has 294 valence electrons. The van der Waals surface area contributed by atoms with Gasteiger partial charge in [0.1, 0.15) is 34.2 Å². The van der Waals surface area contributed by atoms with Crippen molar-refractivity contribution in [1.82, 2.24) is 24.8 Å². The Morgan fingerprint density at radius 2 is 1.80 bits per heavy atom. The Kier molecular flexibility index (Phi) is 10.7. The van der Waals surface area contributed by atoms with Crippen molar-refractivity contribution < 1.29 is 32.9 Å². The molecule has 0 unspecified atom stereocenters. The molecule has 1 amide bonds. The van der Waals surface area contributed by atoms with Crippen molar-refractivity contribution in [2.75, 3.05) is 51.3 Å². The number of rotatable bonds is 9. The summed E-state index contributed by atoms with van der Waals surface area (Å²) < 4.78 is 37.3. The van der Waals surface area contributed by atoms with E-state index in [1.807, 2.05) is 25.7 Å². The molecule has 1 saturated carbocycles. The molecule has 7 rings (SSSR count). The van der Waals surface area contributed by atoms with E-state index in [9.17, 15) is 14.0 Å². The Morgan fingerprint density at radius 1 is 1.05 bits per heavy atom. The summed E-state index contributed by atoms with van der Waals surface area (Å²) in [5, 5.41) is 0.239. The second-order valence-corrected chi connectivity index (χ2v) is 16.4. The highest BCUT2D eigenvalue weighted by atomic mass is 19.1. The molecule has 13 heteroatoms. The lowest BCUT2D eigenvalue weighted by atomic mass is 9.59. The summed E-state index contributed by atoms with van der Waals surface area (Å²) in [7, 11) is 1.45. The fourth-order valence-electron chi connectivity index (χ4n) is 8.50. The van der Waals surface area contributed by atoms with E-state index in [0.717, 1.165) is 45.3 Å². The van der Waals surface area contributed by atoms with E-state index in [-0.39, 0.29) is 52.5 Å². The number of carbonyl (C=O) groups excluding carboxylic acids is 2. The van der Waals surface area contributed by atoms with Crippen LogP contribution in [0, 0.1) is 11.2 Å². The van der Waals surface area contributed by atoms with E-state index in [0.29, 0.717) is 36.5 Å². The fraction of sp³-hybridized carbons (Fsp3) is 0.524. The summed E-state index contributed by atoms with van der Waals surface area (Å²) in [6.45, 7) is 15.8. The average Bonchev–Trinajstić information content (AvgIpc) is 3.51. The first kappa shape index (κ1) is 38.4. The van der Waals surface area contributed by atoms with Gasteiger partial charge >= 0.3 is 12.1 Å². The zero-order chi connectivity index (χ0) is 39.1. The van der Waals surface area contributed by atoms with E-state index in [1.54, 1.807) is 13.0 Å². The zero-order valence-electron chi connectivity index (χ0n) is 33.0. The minimum atomic E-state index is -0.572. The second-order valence-electron chi connectivity index (χ2n) is 16.4. The lowest BCUT2D eigenvalue weighted by Gasteiger charge is -2.58. The SMILES string of the molecule is CCOC(=O)c1cnc(N2CCC3(CC2)CC(N2CCN(C(=O)OC(C)(C)C)C[C@H]2c2ccccc2C(C)C)C3)cc1Oc1cc2c(F)c[nH]c2nc1OC. The summed E-state index contributed by atoms with van der Waals surface area (Å²) in [5.74, 6) is 0.521. The number of anilines is 1. The molecule has 1 atom stereocenters. The van der Waals surface area contributed by atoms with Crippen LogP contribution in [0.1, 0.15) is 101 Å². The number of hydrogen-bond donors (Lipinski definition) is 1. The van der Waals surface area contributed by atoms with Crippen LogP contribution >= 0.6 is 0 Å². The van der Waals surface area contributed by atoms with Crippen LogP contribution in [0.25, 0.3) is 11.0 Å². The van der Waals surface area contributed by atoms with Gasteiger partial charge < -0.3 is 33.7 Å². The number of nitrogens with zero attached hydrogens (tertiary/aromatic N) is 5. The lowest BCUT2D eigenvalue weighted by Crippen LogP contribution is -2.60. The second kappa shape index (κ2) is 15.3. The summed E-state index contributed by atoms with van der Waals surface area (Å²) in [6, 6.07) is 12.4.